The van der Waals surface area contributed by atoms with E-state index in [1.54, 1.807) is 38.4 Å². The maximum Gasteiger partial charge on any atom is 0.330 e. The third-order valence-electron chi connectivity index (χ3n) is 12.0. The Balaban J connectivity index is 0.000000190. The van der Waals surface area contributed by atoms with Crippen molar-refractivity contribution >= 4 is 73.5 Å². The molecule has 4 aromatic heterocycles. The summed E-state index contributed by atoms with van der Waals surface area (Å²) < 4.78 is 19.9. The molecule has 1 atom stereocenters. The second-order valence-corrected chi connectivity index (χ2v) is 21.6. The molecule has 0 aliphatic carbocycles. The van der Waals surface area contributed by atoms with E-state index in [0.717, 1.165) is 61.2 Å². The molecule has 1 aliphatic heterocycles. The van der Waals surface area contributed by atoms with E-state index in [9.17, 15) is 13.8 Å². The van der Waals surface area contributed by atoms with Gasteiger partial charge in [-0.25, -0.2) is 19.0 Å². The minimum absolute atomic E-state index is 0.0374. The molecule has 1 aliphatic rings. The Morgan fingerprint density at radius 1 is 0.771 bits per heavy atom. The zero-order valence-electron chi connectivity index (χ0n) is 41.1. The van der Waals surface area contributed by atoms with E-state index in [1.165, 1.54) is 0 Å². The van der Waals surface area contributed by atoms with Gasteiger partial charge in [0.1, 0.15) is 16.3 Å². The number of aromatic nitrogens is 7. The van der Waals surface area contributed by atoms with Gasteiger partial charge in [0.2, 0.25) is 0 Å². The van der Waals surface area contributed by atoms with E-state index in [2.05, 4.69) is 85.2 Å². The molecule has 0 radical (unpaired) electrons. The average molecular weight is 976 g/mol. The first-order valence-electron chi connectivity index (χ1n) is 23.3. The molecular weight excluding hydrogens is 915 g/mol. The van der Waals surface area contributed by atoms with Crippen LogP contribution in [0.15, 0.2) is 143 Å². The lowest BCUT2D eigenvalue weighted by Gasteiger charge is -2.33. The molecule has 0 bridgehead atoms. The topological polar surface area (TPSA) is 131 Å². The fraction of sp³-hybridized carbons (Fsp3) is 0.278. The molecule has 9 rings (SSSR count). The summed E-state index contributed by atoms with van der Waals surface area (Å²) in [5.74, 6) is 6.77. The Morgan fingerprint density at radius 2 is 1.37 bits per heavy atom. The maximum atomic E-state index is 13.2. The fourth-order valence-electron chi connectivity index (χ4n) is 8.54. The minimum Gasteiger partial charge on any atom is -0.340 e. The van der Waals surface area contributed by atoms with Crippen molar-refractivity contribution in [3.05, 3.63) is 165 Å². The summed E-state index contributed by atoms with van der Waals surface area (Å²) in [6, 6.07) is 41.9. The predicted molar refractivity (Wildman–Crippen MR) is 288 cm³/mol. The lowest BCUT2D eigenvalue weighted by atomic mass is 10.1. The number of benzene rings is 4. The molecule has 0 saturated heterocycles. The Morgan fingerprint density at radius 3 is 1.97 bits per heavy atom. The fourth-order valence-corrected chi connectivity index (χ4v) is 9.51. The van der Waals surface area contributed by atoms with Crippen LogP contribution in [0.1, 0.15) is 44.4 Å². The number of urea groups is 1. The van der Waals surface area contributed by atoms with Crippen LogP contribution in [-0.4, -0.2) is 81.6 Å². The first-order chi connectivity index (χ1) is 33.5. The molecule has 70 heavy (non-hydrogen) atoms. The Hall–Kier alpha value is -7.30. The van der Waals surface area contributed by atoms with Gasteiger partial charge in [-0.3, -0.25) is 23.2 Å². The van der Waals surface area contributed by atoms with Crippen molar-refractivity contribution in [1.82, 2.24) is 38.6 Å². The minimum atomic E-state index is -2.26. The quantitative estimate of drug-likeness (QED) is 0.106. The van der Waals surface area contributed by atoms with Gasteiger partial charge in [0.25, 0.3) is 0 Å². The van der Waals surface area contributed by atoms with Crippen LogP contribution in [0.4, 0.5) is 33.6 Å². The number of rotatable bonds is 14. The van der Waals surface area contributed by atoms with Crippen molar-refractivity contribution in [2.24, 2.45) is 18.9 Å². The van der Waals surface area contributed by atoms with Crippen molar-refractivity contribution in [3.63, 3.8) is 0 Å². The third kappa shape index (κ3) is 10.6. The van der Waals surface area contributed by atoms with Crippen molar-refractivity contribution in [2.45, 2.75) is 58.8 Å². The second-order valence-electron chi connectivity index (χ2n) is 18.7. The Kier molecular flexibility index (Phi) is 14.6. The van der Waals surface area contributed by atoms with Crippen LogP contribution >= 0.6 is 12.2 Å². The molecule has 5 heterocycles. The lowest BCUT2D eigenvalue weighted by molar-refractivity contribution is 0.209. The summed E-state index contributed by atoms with van der Waals surface area (Å²) in [6.45, 7) is 11.1. The maximum absolute atomic E-state index is 13.2. The number of carbonyl (C=O) groups excluding carboxylic acids is 1. The van der Waals surface area contributed by atoms with Gasteiger partial charge in [-0.2, -0.15) is 10.2 Å². The predicted octanol–water partition coefficient (Wildman–Crippen LogP) is 10.2. The monoisotopic (exact) mass is 975 g/mol. The van der Waals surface area contributed by atoms with Crippen molar-refractivity contribution in [2.75, 3.05) is 42.0 Å². The summed E-state index contributed by atoms with van der Waals surface area (Å²) in [7, 11) is 3.31. The molecule has 16 heteroatoms. The number of pyridine rings is 1. The molecule has 0 saturated carbocycles. The van der Waals surface area contributed by atoms with Gasteiger partial charge in [0, 0.05) is 68.5 Å². The largest absolute Gasteiger partial charge is 0.340 e. The van der Waals surface area contributed by atoms with Crippen molar-refractivity contribution in [3.8, 4) is 11.3 Å². The molecule has 2 amide bonds. The van der Waals surface area contributed by atoms with Crippen LogP contribution in [0.2, 0.25) is 0 Å². The van der Waals surface area contributed by atoms with Gasteiger partial charge in [-0.05, 0) is 86.9 Å². The molecular formula is C54H61N11O3S2. The third-order valence-corrected chi connectivity index (χ3v) is 13.8. The van der Waals surface area contributed by atoms with Crippen LogP contribution in [0.3, 0.4) is 0 Å². The average Bonchev–Trinajstić information content (AvgIpc) is 3.89. The van der Waals surface area contributed by atoms with Gasteiger partial charge >= 0.3 is 11.7 Å². The van der Waals surface area contributed by atoms with Crippen LogP contribution in [-0.2, 0) is 42.7 Å². The summed E-state index contributed by atoms with van der Waals surface area (Å²) in [6.07, 6.45) is 3.44. The standard InChI is InChI=1S/C29H30N6OS.C25H31N5O2S/c1-20(2)18-34-26-25(28(37)33(4)29(34)36)27(32(3)23-10-6-5-7-11-23)35(31-26)19-21-13-15-22(16-14-21)24-12-8-9-17-30-24;1-18(2)15-29-24-22(17-28(3)25(29)31)23(26-20-9-7-6-8-10-20)30(27-24)16-19-11-13-21(14-12-19)33(4,5)32/h5-17,20H,18-19H2,1-4H3;6-14,18,26H,4,15-17H2,1-3,5H3. The smallest absolute Gasteiger partial charge is 0.330 e. The van der Waals surface area contributed by atoms with Crippen LogP contribution < -0.4 is 20.8 Å². The first-order valence-corrected chi connectivity index (χ1v) is 25.9. The summed E-state index contributed by atoms with van der Waals surface area (Å²) >= 11 is 5.82. The number of amides is 2. The van der Waals surface area contributed by atoms with E-state index in [-0.39, 0.29) is 17.6 Å². The number of nitrogens with zero attached hydrogens (tertiary/aromatic N) is 10. The van der Waals surface area contributed by atoms with Crippen molar-refractivity contribution in [1.29, 1.82) is 0 Å². The number of hydrogen-bond acceptors (Lipinski definition) is 9. The van der Waals surface area contributed by atoms with Crippen LogP contribution in [0, 0.1) is 16.5 Å². The molecule has 4 aromatic carbocycles. The van der Waals surface area contributed by atoms with Crippen molar-refractivity contribution < 1.29 is 9.00 Å². The lowest BCUT2D eigenvalue weighted by Crippen LogP contribution is -2.46. The summed E-state index contributed by atoms with van der Waals surface area (Å²) in [5, 5.41) is 14.2. The van der Waals surface area contributed by atoms with Gasteiger partial charge in [-0.15, -0.1) is 0 Å². The zero-order valence-corrected chi connectivity index (χ0v) is 42.7. The highest BCUT2D eigenvalue weighted by atomic mass is 32.2. The van der Waals surface area contributed by atoms with Gasteiger partial charge in [0.05, 0.1) is 36.3 Å². The Bertz CT molecular complexity index is 3350. The normalized spacial score (nSPS) is 13.3. The number of para-hydroxylation sites is 2. The summed E-state index contributed by atoms with van der Waals surface area (Å²) in [4.78, 5) is 36.9. The summed E-state index contributed by atoms with van der Waals surface area (Å²) in [5.41, 5.74) is 7.52. The molecule has 362 valence electrons. The molecule has 8 aromatic rings. The van der Waals surface area contributed by atoms with E-state index in [4.69, 9.17) is 22.4 Å². The molecule has 1 unspecified atom stereocenters. The van der Waals surface area contributed by atoms with Gasteiger partial charge < -0.3 is 15.1 Å². The molecule has 14 nitrogen and oxygen atoms in total. The number of carbonyl (C=O) groups is 1. The van der Waals surface area contributed by atoms with Crippen LogP contribution in [0.25, 0.3) is 22.3 Å². The highest BCUT2D eigenvalue weighted by molar-refractivity contribution is 7.99. The number of nitrogens with one attached hydrogen (secondary N) is 1. The second kappa shape index (κ2) is 20.7. The SMILES string of the molecule is C=S(C)(=O)c1ccc(Cn2nc3c(c2Nc2ccccc2)CN(C)C(=O)N3CC(C)C)cc1.CC(C)Cn1c(=O)n(C)c(=S)c2c(N(C)c3ccccc3)n(Cc3ccc(-c4ccccn4)cc3)nc21. The number of anilines is 5. The van der Waals surface area contributed by atoms with E-state index < -0.39 is 9.52 Å². The van der Waals surface area contributed by atoms with Gasteiger partial charge in [0.15, 0.2) is 11.5 Å². The van der Waals surface area contributed by atoms with Gasteiger partial charge in [-0.1, -0.05) is 119 Å². The number of fused-ring (bicyclic) bond motifs is 2. The van der Waals surface area contributed by atoms with E-state index >= 15 is 0 Å². The van der Waals surface area contributed by atoms with Crippen LogP contribution in [0.5, 0.6) is 0 Å². The highest BCUT2D eigenvalue weighted by Crippen LogP contribution is 2.36. The number of hydrogen-bond donors (Lipinski definition) is 1. The molecule has 0 spiro atoms. The Labute approximate surface area is 415 Å². The molecule has 0 fully saturated rings. The first kappa shape index (κ1) is 49.1. The van der Waals surface area contributed by atoms with E-state index in [1.807, 2.05) is 114 Å². The van der Waals surface area contributed by atoms with E-state index in [0.29, 0.717) is 54.7 Å². The molecule has 1 N–H and O–H groups in total. The zero-order chi connectivity index (χ0) is 49.9. The highest BCUT2D eigenvalue weighted by Gasteiger charge is 2.34.